The van der Waals surface area contributed by atoms with Crippen LogP contribution in [-0.2, 0) is 23.9 Å². The maximum Gasteiger partial charge on any atom is 0.350 e. The molecule has 25 heavy (non-hydrogen) atoms. The van der Waals surface area contributed by atoms with Gasteiger partial charge < -0.3 is 24.4 Å². The average Bonchev–Trinajstić information content (AvgIpc) is 2.53. The molecule has 1 amide bonds. The zero-order valence-electron chi connectivity index (χ0n) is 14.1. The molecule has 1 fully saturated rings. The number of carbonyl (C=O) groups excluding carboxylic acids is 3. The molecule has 2 aliphatic heterocycles. The number of hydrogen-bond acceptors (Lipinski definition) is 7. The second-order valence-corrected chi connectivity index (χ2v) is 5.99. The van der Waals surface area contributed by atoms with Gasteiger partial charge in [0.25, 0.3) is 11.7 Å². The number of nitrogens with one attached hydrogen (secondary N) is 1. The minimum Gasteiger partial charge on any atom is -0.481 e. The third-order valence-corrected chi connectivity index (χ3v) is 3.72. The number of ether oxygens (including phenoxy) is 3. The highest BCUT2D eigenvalue weighted by Gasteiger charge is 2.39. The van der Waals surface area contributed by atoms with Crippen molar-refractivity contribution in [2.24, 2.45) is 0 Å². The maximum atomic E-state index is 11.9. The van der Waals surface area contributed by atoms with Crippen LogP contribution in [0.2, 0.25) is 0 Å². The van der Waals surface area contributed by atoms with Crippen molar-refractivity contribution < 1.29 is 28.6 Å². The van der Waals surface area contributed by atoms with E-state index in [9.17, 15) is 14.4 Å². The Hall–Kier alpha value is -3.03. The van der Waals surface area contributed by atoms with Crippen molar-refractivity contribution in [3.63, 3.8) is 0 Å². The van der Waals surface area contributed by atoms with Crippen molar-refractivity contribution in [3.05, 3.63) is 30.0 Å². The Kier molecular flexibility index (Phi) is 4.12. The maximum absolute atomic E-state index is 11.9. The molecule has 0 radical (unpaired) electrons. The summed E-state index contributed by atoms with van der Waals surface area (Å²) < 4.78 is 15.5. The van der Waals surface area contributed by atoms with Crippen LogP contribution in [-0.4, -0.2) is 36.8 Å². The third kappa shape index (κ3) is 3.28. The quantitative estimate of drug-likeness (QED) is 0.504. The Labute approximate surface area is 144 Å². The van der Waals surface area contributed by atoms with Crippen LogP contribution in [0.15, 0.2) is 30.0 Å². The molecule has 1 aromatic carbocycles. The van der Waals surface area contributed by atoms with E-state index in [4.69, 9.17) is 14.2 Å². The number of likely N-dealkylation sites (N-methyl/N-ethyl adjacent to an activating group) is 1. The van der Waals surface area contributed by atoms with Crippen LogP contribution in [0, 0.1) is 0 Å². The molecule has 0 bridgehead atoms. The fraction of sp³-hybridized carbons (Fsp3) is 0.353. The molecule has 0 unspecified atom stereocenters. The van der Waals surface area contributed by atoms with E-state index in [0.717, 1.165) is 0 Å². The lowest BCUT2D eigenvalue weighted by molar-refractivity contribution is -0.222. The fourth-order valence-electron chi connectivity index (χ4n) is 2.57. The van der Waals surface area contributed by atoms with Crippen LogP contribution in [0.3, 0.4) is 0 Å². The summed E-state index contributed by atoms with van der Waals surface area (Å²) in [4.78, 5) is 37.2. The fourth-order valence-corrected chi connectivity index (χ4v) is 2.57. The molecule has 3 rings (SSSR count). The van der Waals surface area contributed by atoms with Crippen LogP contribution < -0.4 is 15.0 Å². The first-order valence-corrected chi connectivity index (χ1v) is 7.81. The van der Waals surface area contributed by atoms with E-state index in [1.54, 1.807) is 23.1 Å². The Morgan fingerprint density at radius 2 is 1.88 bits per heavy atom. The van der Waals surface area contributed by atoms with Gasteiger partial charge in [-0.15, -0.1) is 0 Å². The van der Waals surface area contributed by atoms with Crippen molar-refractivity contribution in [1.29, 1.82) is 0 Å². The number of carbonyl (C=O) groups is 3. The highest BCUT2D eigenvalue weighted by atomic mass is 16.7. The molecule has 8 nitrogen and oxygen atoms in total. The number of cyclic esters (lactones) is 2. The molecule has 2 aliphatic rings. The summed E-state index contributed by atoms with van der Waals surface area (Å²) in [5.74, 6) is -2.36. The van der Waals surface area contributed by atoms with Crippen LogP contribution in [0.25, 0.3) is 0 Å². The van der Waals surface area contributed by atoms with Crippen molar-refractivity contribution in [2.45, 2.75) is 26.6 Å². The standard InChI is InChI=1S/C17H18N2O6/c1-4-19-12-6-5-10(7-13(12)23-9-14(19)20)18-8-11-15(21)24-17(2,3)25-16(11)22/h5-8,18H,4,9H2,1-3H3. The number of esters is 2. The summed E-state index contributed by atoms with van der Waals surface area (Å²) in [6, 6.07) is 5.13. The first-order chi connectivity index (χ1) is 11.8. The number of nitrogens with zero attached hydrogens (tertiary/aromatic N) is 1. The van der Waals surface area contributed by atoms with Gasteiger partial charge in [-0.25, -0.2) is 9.59 Å². The van der Waals surface area contributed by atoms with Crippen LogP contribution >= 0.6 is 0 Å². The predicted octanol–water partition coefficient (Wildman–Crippen LogP) is 1.56. The summed E-state index contributed by atoms with van der Waals surface area (Å²) in [5, 5.41) is 2.85. The van der Waals surface area contributed by atoms with Crippen LogP contribution in [0.5, 0.6) is 5.75 Å². The van der Waals surface area contributed by atoms with Gasteiger partial charge in [-0.2, -0.15) is 0 Å². The van der Waals surface area contributed by atoms with E-state index in [1.165, 1.54) is 20.0 Å². The molecule has 1 N–H and O–H groups in total. The first-order valence-electron chi connectivity index (χ1n) is 7.81. The van der Waals surface area contributed by atoms with Crippen LogP contribution in [0.1, 0.15) is 20.8 Å². The van der Waals surface area contributed by atoms with E-state index in [-0.39, 0.29) is 18.1 Å². The normalized spacial score (nSPS) is 18.8. The molecule has 1 saturated heterocycles. The van der Waals surface area contributed by atoms with Gasteiger partial charge >= 0.3 is 11.9 Å². The van der Waals surface area contributed by atoms with Gasteiger partial charge in [0.2, 0.25) is 0 Å². The summed E-state index contributed by atoms with van der Waals surface area (Å²) in [6.45, 7) is 5.35. The van der Waals surface area contributed by atoms with E-state index in [0.29, 0.717) is 23.7 Å². The number of anilines is 2. The van der Waals surface area contributed by atoms with Gasteiger partial charge in [0.15, 0.2) is 12.2 Å². The van der Waals surface area contributed by atoms with E-state index in [2.05, 4.69) is 5.32 Å². The van der Waals surface area contributed by atoms with Crippen molar-refractivity contribution in [3.8, 4) is 5.75 Å². The van der Waals surface area contributed by atoms with Gasteiger partial charge in [0.1, 0.15) is 5.75 Å². The number of rotatable bonds is 3. The smallest absolute Gasteiger partial charge is 0.350 e. The van der Waals surface area contributed by atoms with Gasteiger partial charge in [0.05, 0.1) is 5.69 Å². The molecular weight excluding hydrogens is 328 g/mol. The second-order valence-electron chi connectivity index (χ2n) is 5.99. The number of fused-ring (bicyclic) bond motifs is 1. The van der Waals surface area contributed by atoms with Gasteiger partial charge in [0, 0.05) is 38.3 Å². The third-order valence-electron chi connectivity index (χ3n) is 3.72. The Morgan fingerprint density at radius 1 is 1.20 bits per heavy atom. The Morgan fingerprint density at radius 3 is 2.52 bits per heavy atom. The molecule has 1 aromatic rings. The largest absolute Gasteiger partial charge is 0.481 e. The van der Waals surface area contributed by atoms with Gasteiger partial charge in [-0.3, -0.25) is 4.79 Å². The zero-order valence-corrected chi connectivity index (χ0v) is 14.1. The lowest BCUT2D eigenvalue weighted by Gasteiger charge is -2.30. The monoisotopic (exact) mass is 346 g/mol. The highest BCUT2D eigenvalue weighted by Crippen LogP contribution is 2.34. The molecule has 0 saturated carbocycles. The highest BCUT2D eigenvalue weighted by molar-refractivity contribution is 6.15. The molecule has 132 valence electrons. The number of benzene rings is 1. The van der Waals surface area contributed by atoms with Gasteiger partial charge in [-0.05, 0) is 19.1 Å². The number of hydrogen-bond donors (Lipinski definition) is 1. The van der Waals surface area contributed by atoms with Crippen molar-refractivity contribution in [1.82, 2.24) is 0 Å². The Balaban J connectivity index is 1.80. The van der Waals surface area contributed by atoms with E-state index < -0.39 is 17.7 Å². The van der Waals surface area contributed by atoms with E-state index in [1.807, 2.05) is 6.92 Å². The summed E-state index contributed by atoms with van der Waals surface area (Å²) in [6.07, 6.45) is 1.23. The average molecular weight is 346 g/mol. The van der Waals surface area contributed by atoms with Gasteiger partial charge in [-0.1, -0.05) is 0 Å². The summed E-state index contributed by atoms with van der Waals surface area (Å²) >= 11 is 0. The molecule has 0 aliphatic carbocycles. The predicted molar refractivity (Wildman–Crippen MR) is 87.9 cm³/mol. The molecule has 0 aromatic heterocycles. The molecular formula is C17H18N2O6. The lowest BCUT2D eigenvalue weighted by Crippen LogP contribution is -2.42. The van der Waals surface area contributed by atoms with Crippen molar-refractivity contribution >= 4 is 29.2 Å². The van der Waals surface area contributed by atoms with Crippen molar-refractivity contribution in [2.75, 3.05) is 23.4 Å². The SMILES string of the molecule is CCN1C(=O)COc2cc(NC=C3C(=O)OC(C)(C)OC3=O)ccc21. The molecule has 2 heterocycles. The lowest BCUT2D eigenvalue weighted by atomic mass is 10.2. The topological polar surface area (TPSA) is 94.2 Å². The Bertz CT molecular complexity index is 761. The molecule has 8 heteroatoms. The zero-order chi connectivity index (χ0) is 18.2. The molecule has 0 spiro atoms. The van der Waals surface area contributed by atoms with Crippen LogP contribution in [0.4, 0.5) is 11.4 Å². The first kappa shape index (κ1) is 16.8. The molecule has 0 atom stereocenters. The minimum absolute atomic E-state index is 0.0287. The minimum atomic E-state index is -1.28. The van der Waals surface area contributed by atoms with E-state index >= 15 is 0 Å². The second kappa shape index (κ2) is 6.12. The summed E-state index contributed by atoms with van der Waals surface area (Å²) in [7, 11) is 0. The summed E-state index contributed by atoms with van der Waals surface area (Å²) in [5.41, 5.74) is 1.03. The number of amides is 1.